The van der Waals surface area contributed by atoms with Gasteiger partial charge in [-0.2, -0.15) is 0 Å². The van der Waals surface area contributed by atoms with Crippen LogP contribution in [0.25, 0.3) is 0 Å². The Morgan fingerprint density at radius 3 is 2.71 bits per heavy atom. The van der Waals surface area contributed by atoms with Crippen molar-refractivity contribution >= 4 is 0 Å². The predicted octanol–water partition coefficient (Wildman–Crippen LogP) is 3.41. The number of hydrogen-bond donors (Lipinski definition) is 0. The van der Waals surface area contributed by atoms with Gasteiger partial charge in [0.25, 0.3) is 0 Å². The van der Waals surface area contributed by atoms with Gasteiger partial charge in [0, 0.05) is 37.3 Å². The number of aryl methyl sites for hydroxylation is 1. The first-order valence-corrected chi connectivity index (χ1v) is 9.75. The Morgan fingerprint density at radius 2 is 1.96 bits per heavy atom. The van der Waals surface area contributed by atoms with Crippen molar-refractivity contribution in [2.24, 2.45) is 5.92 Å². The third-order valence-electron chi connectivity index (χ3n) is 6.13. The van der Waals surface area contributed by atoms with E-state index in [1.165, 1.54) is 50.9 Å². The topological polar surface area (TPSA) is 34.6 Å². The molecule has 0 bridgehead atoms. The maximum atomic E-state index is 5.87. The lowest BCUT2D eigenvalue weighted by molar-refractivity contribution is -0.183. The molecule has 1 aromatic heterocycles. The zero-order chi connectivity index (χ0) is 16.2. The fourth-order valence-corrected chi connectivity index (χ4v) is 4.74. The van der Waals surface area contributed by atoms with Gasteiger partial charge in [-0.3, -0.25) is 4.98 Å². The van der Waals surface area contributed by atoms with E-state index < -0.39 is 0 Å². The molecule has 2 saturated heterocycles. The van der Waals surface area contributed by atoms with Gasteiger partial charge in [0.1, 0.15) is 0 Å². The second-order valence-corrected chi connectivity index (χ2v) is 7.70. The first-order valence-electron chi connectivity index (χ1n) is 9.75. The summed E-state index contributed by atoms with van der Waals surface area (Å²) in [4.78, 5) is 7.23. The fourth-order valence-electron chi connectivity index (χ4n) is 4.74. The summed E-state index contributed by atoms with van der Waals surface area (Å²) in [6, 6.07) is 7.00. The van der Waals surface area contributed by atoms with E-state index in [1.807, 2.05) is 12.3 Å². The minimum Gasteiger partial charge on any atom is -0.348 e. The minimum atomic E-state index is -0.208. The van der Waals surface area contributed by atoms with Crippen LogP contribution in [-0.2, 0) is 15.9 Å². The van der Waals surface area contributed by atoms with Crippen molar-refractivity contribution in [3.05, 3.63) is 30.1 Å². The Hall–Kier alpha value is -0.970. The van der Waals surface area contributed by atoms with Crippen LogP contribution in [0.5, 0.6) is 0 Å². The second-order valence-electron chi connectivity index (χ2n) is 7.70. The Bertz CT molecular complexity index is 506. The van der Waals surface area contributed by atoms with E-state index >= 15 is 0 Å². The molecule has 1 spiro atoms. The average molecular weight is 330 g/mol. The lowest BCUT2D eigenvalue weighted by Gasteiger charge is -2.37. The molecule has 3 aliphatic rings. The SMILES string of the molecule is c1ccc(CC[C@@H]2CCCN2CC2CCC3(CC2)OCCO3)nc1. The van der Waals surface area contributed by atoms with Gasteiger partial charge in [-0.15, -0.1) is 0 Å². The lowest BCUT2D eigenvalue weighted by atomic mass is 9.84. The number of pyridine rings is 1. The molecule has 24 heavy (non-hydrogen) atoms. The summed E-state index contributed by atoms with van der Waals surface area (Å²) in [5.41, 5.74) is 1.24. The van der Waals surface area contributed by atoms with Crippen molar-refractivity contribution in [3.8, 4) is 0 Å². The molecular weight excluding hydrogens is 300 g/mol. The van der Waals surface area contributed by atoms with Crippen LogP contribution in [0.1, 0.15) is 50.6 Å². The van der Waals surface area contributed by atoms with Crippen molar-refractivity contribution in [2.75, 3.05) is 26.3 Å². The first kappa shape index (κ1) is 16.5. The molecule has 0 unspecified atom stereocenters. The molecule has 4 nitrogen and oxygen atoms in total. The minimum absolute atomic E-state index is 0.208. The zero-order valence-corrected chi connectivity index (χ0v) is 14.7. The Labute approximate surface area is 145 Å². The van der Waals surface area contributed by atoms with Gasteiger partial charge in [-0.1, -0.05) is 6.07 Å². The molecule has 0 radical (unpaired) electrons. The normalized spacial score (nSPS) is 27.9. The van der Waals surface area contributed by atoms with Gasteiger partial charge >= 0.3 is 0 Å². The Kier molecular flexibility index (Phi) is 5.16. The van der Waals surface area contributed by atoms with Gasteiger partial charge in [0.05, 0.1) is 13.2 Å². The molecule has 2 aliphatic heterocycles. The third-order valence-corrected chi connectivity index (χ3v) is 6.13. The highest BCUT2D eigenvalue weighted by Crippen LogP contribution is 2.39. The highest BCUT2D eigenvalue weighted by atomic mass is 16.7. The van der Waals surface area contributed by atoms with Gasteiger partial charge in [-0.05, 0) is 63.1 Å². The predicted molar refractivity (Wildman–Crippen MR) is 93.7 cm³/mol. The van der Waals surface area contributed by atoms with E-state index in [9.17, 15) is 0 Å². The molecule has 132 valence electrons. The van der Waals surface area contributed by atoms with Crippen LogP contribution in [-0.4, -0.2) is 48.0 Å². The third kappa shape index (κ3) is 3.81. The molecule has 0 aromatic carbocycles. The summed E-state index contributed by atoms with van der Waals surface area (Å²) in [6.45, 7) is 4.11. The van der Waals surface area contributed by atoms with Gasteiger partial charge < -0.3 is 14.4 Å². The fraction of sp³-hybridized carbons (Fsp3) is 0.750. The van der Waals surface area contributed by atoms with Gasteiger partial charge in [0.2, 0.25) is 0 Å². The Morgan fingerprint density at radius 1 is 1.12 bits per heavy atom. The lowest BCUT2D eigenvalue weighted by Crippen LogP contribution is -2.40. The molecule has 4 heteroatoms. The van der Waals surface area contributed by atoms with Crippen LogP contribution >= 0.6 is 0 Å². The highest BCUT2D eigenvalue weighted by molar-refractivity contribution is 5.04. The first-order chi connectivity index (χ1) is 11.8. The maximum Gasteiger partial charge on any atom is 0.168 e. The van der Waals surface area contributed by atoms with Crippen LogP contribution in [0.3, 0.4) is 0 Å². The van der Waals surface area contributed by atoms with Crippen molar-refractivity contribution in [3.63, 3.8) is 0 Å². The van der Waals surface area contributed by atoms with Crippen LogP contribution in [0, 0.1) is 5.92 Å². The second kappa shape index (κ2) is 7.51. The molecule has 0 N–H and O–H groups in total. The summed E-state index contributed by atoms with van der Waals surface area (Å²) < 4.78 is 11.7. The van der Waals surface area contributed by atoms with E-state index in [0.717, 1.165) is 44.4 Å². The number of nitrogens with zero attached hydrogens (tertiary/aromatic N) is 2. The van der Waals surface area contributed by atoms with Crippen LogP contribution in [0.2, 0.25) is 0 Å². The number of rotatable bonds is 5. The molecule has 3 fully saturated rings. The van der Waals surface area contributed by atoms with Crippen molar-refractivity contribution < 1.29 is 9.47 Å². The van der Waals surface area contributed by atoms with Crippen molar-refractivity contribution in [2.45, 2.75) is 63.2 Å². The summed E-state index contributed by atoms with van der Waals surface area (Å²) >= 11 is 0. The molecule has 1 aromatic rings. The van der Waals surface area contributed by atoms with Crippen LogP contribution in [0.4, 0.5) is 0 Å². The number of ether oxygens (including phenoxy) is 2. The molecule has 0 amide bonds. The van der Waals surface area contributed by atoms with E-state index in [1.54, 1.807) is 0 Å². The zero-order valence-electron chi connectivity index (χ0n) is 14.7. The van der Waals surface area contributed by atoms with Crippen LogP contribution < -0.4 is 0 Å². The Balaban J connectivity index is 1.25. The molecule has 3 heterocycles. The van der Waals surface area contributed by atoms with E-state index in [-0.39, 0.29) is 5.79 Å². The number of hydrogen-bond acceptors (Lipinski definition) is 4. The van der Waals surface area contributed by atoms with E-state index in [2.05, 4.69) is 22.0 Å². The summed E-state index contributed by atoms with van der Waals surface area (Å²) in [7, 11) is 0. The van der Waals surface area contributed by atoms with E-state index in [0.29, 0.717) is 0 Å². The molecule has 1 aliphatic carbocycles. The number of aromatic nitrogens is 1. The monoisotopic (exact) mass is 330 g/mol. The molecule has 1 atom stereocenters. The molecule has 4 rings (SSSR count). The quantitative estimate of drug-likeness (QED) is 0.829. The maximum absolute atomic E-state index is 5.87. The standard InChI is InChI=1S/C20H30N2O2/c1-2-12-21-18(4-1)6-7-19-5-3-13-22(19)16-17-8-10-20(11-9-17)23-14-15-24-20/h1-2,4,12,17,19H,3,5-11,13-16H2/t19-/m0/s1. The summed E-state index contributed by atoms with van der Waals surface area (Å²) in [6.07, 6.45) is 11.7. The van der Waals surface area contributed by atoms with Crippen LogP contribution in [0.15, 0.2) is 24.4 Å². The summed E-state index contributed by atoms with van der Waals surface area (Å²) in [5.74, 6) is 0.610. The van der Waals surface area contributed by atoms with Gasteiger partial charge in [0.15, 0.2) is 5.79 Å². The molecule has 1 saturated carbocycles. The number of likely N-dealkylation sites (tertiary alicyclic amines) is 1. The van der Waals surface area contributed by atoms with Crippen molar-refractivity contribution in [1.82, 2.24) is 9.88 Å². The largest absolute Gasteiger partial charge is 0.348 e. The highest BCUT2D eigenvalue weighted by Gasteiger charge is 2.41. The summed E-state index contributed by atoms with van der Waals surface area (Å²) in [5, 5.41) is 0. The molecular formula is C20H30N2O2. The average Bonchev–Trinajstić information content (AvgIpc) is 3.26. The smallest absolute Gasteiger partial charge is 0.168 e. The van der Waals surface area contributed by atoms with Gasteiger partial charge in [-0.25, -0.2) is 0 Å². The van der Waals surface area contributed by atoms with E-state index in [4.69, 9.17) is 9.47 Å². The van der Waals surface area contributed by atoms with Crippen molar-refractivity contribution in [1.29, 1.82) is 0 Å².